The molecule has 1 saturated heterocycles. The summed E-state index contributed by atoms with van der Waals surface area (Å²) in [5, 5.41) is 19.1. The van der Waals surface area contributed by atoms with Crippen molar-refractivity contribution in [3.8, 4) is 16.9 Å². The molecule has 3 N–H and O–H groups in total. The lowest BCUT2D eigenvalue weighted by molar-refractivity contribution is -0.137. The van der Waals surface area contributed by atoms with Gasteiger partial charge in [0.1, 0.15) is 5.75 Å². The number of rotatable bonds is 6. The van der Waals surface area contributed by atoms with Crippen LogP contribution in [0, 0.1) is 0 Å². The van der Waals surface area contributed by atoms with Gasteiger partial charge in [0.25, 0.3) is 5.91 Å². The summed E-state index contributed by atoms with van der Waals surface area (Å²) in [6.07, 6.45) is 2.13. The van der Waals surface area contributed by atoms with Gasteiger partial charge in [0.05, 0.1) is 35.3 Å². The van der Waals surface area contributed by atoms with Crippen LogP contribution in [-0.4, -0.2) is 50.1 Å². The summed E-state index contributed by atoms with van der Waals surface area (Å²) < 4.78 is 38.8. The second-order valence-corrected chi connectivity index (χ2v) is 8.31. The first-order chi connectivity index (χ1) is 16.7. The van der Waals surface area contributed by atoms with Crippen LogP contribution < -0.4 is 5.32 Å². The van der Waals surface area contributed by atoms with E-state index >= 15 is 0 Å². The quantitative estimate of drug-likeness (QED) is 0.486. The molecule has 0 bridgehead atoms. The summed E-state index contributed by atoms with van der Waals surface area (Å²) in [7, 11) is 0. The number of likely N-dealkylation sites (tertiary alicyclic amines) is 1. The van der Waals surface area contributed by atoms with Crippen molar-refractivity contribution >= 4 is 11.8 Å². The molecule has 2 aromatic heterocycles. The zero-order chi connectivity index (χ0) is 25.0. The molecule has 1 aliphatic heterocycles. The number of amides is 2. The molecule has 0 saturated carbocycles. The number of alkyl halides is 3. The SMILES string of the molecule is O=C(NCCC(=O)N1CCCCC1c1[nH]ncc1-c1ccc(C(F)(F)F)cc1)c1cncc(O)c1. The van der Waals surface area contributed by atoms with Crippen LogP contribution >= 0.6 is 0 Å². The van der Waals surface area contributed by atoms with Gasteiger partial charge in [-0.05, 0) is 43.0 Å². The Balaban J connectivity index is 1.44. The van der Waals surface area contributed by atoms with Gasteiger partial charge in [0.15, 0.2) is 0 Å². The zero-order valence-electron chi connectivity index (χ0n) is 18.7. The first-order valence-corrected chi connectivity index (χ1v) is 11.2. The van der Waals surface area contributed by atoms with Crippen molar-refractivity contribution in [2.45, 2.75) is 37.9 Å². The molecule has 1 aliphatic rings. The average molecular weight is 487 g/mol. The van der Waals surface area contributed by atoms with Crippen molar-refractivity contribution < 1.29 is 27.9 Å². The van der Waals surface area contributed by atoms with E-state index in [4.69, 9.17) is 0 Å². The van der Waals surface area contributed by atoms with Crippen molar-refractivity contribution in [1.29, 1.82) is 0 Å². The van der Waals surface area contributed by atoms with E-state index in [9.17, 15) is 27.9 Å². The summed E-state index contributed by atoms with van der Waals surface area (Å²) in [4.78, 5) is 30.8. The molecule has 1 atom stereocenters. The van der Waals surface area contributed by atoms with Gasteiger partial charge >= 0.3 is 6.18 Å². The van der Waals surface area contributed by atoms with Gasteiger partial charge in [-0.25, -0.2) is 0 Å². The molecule has 3 heterocycles. The Kier molecular flexibility index (Phi) is 7.04. The van der Waals surface area contributed by atoms with E-state index in [1.165, 1.54) is 30.6 Å². The van der Waals surface area contributed by atoms with Crippen LogP contribution in [0.4, 0.5) is 13.2 Å². The Hall–Kier alpha value is -3.89. The predicted octanol–water partition coefficient (Wildman–Crippen LogP) is 4.07. The number of halogens is 3. The number of carbonyl (C=O) groups excluding carboxylic acids is 2. The molecule has 0 spiro atoms. The van der Waals surface area contributed by atoms with Gasteiger partial charge < -0.3 is 15.3 Å². The van der Waals surface area contributed by atoms with Crippen molar-refractivity contribution in [1.82, 2.24) is 25.4 Å². The average Bonchev–Trinajstić information content (AvgIpc) is 3.33. The van der Waals surface area contributed by atoms with Crippen molar-refractivity contribution in [3.05, 3.63) is 65.7 Å². The fourth-order valence-corrected chi connectivity index (χ4v) is 4.23. The minimum absolute atomic E-state index is 0.0677. The largest absolute Gasteiger partial charge is 0.506 e. The highest BCUT2D eigenvalue weighted by Gasteiger charge is 2.32. The molecule has 0 aliphatic carbocycles. The van der Waals surface area contributed by atoms with Gasteiger partial charge in [-0.15, -0.1) is 0 Å². The molecule has 8 nitrogen and oxygen atoms in total. The van der Waals surface area contributed by atoms with Crippen molar-refractivity contribution in [2.24, 2.45) is 0 Å². The number of pyridine rings is 1. The van der Waals surface area contributed by atoms with Gasteiger partial charge in [-0.2, -0.15) is 18.3 Å². The van der Waals surface area contributed by atoms with E-state index in [-0.39, 0.29) is 36.2 Å². The van der Waals surface area contributed by atoms with Crippen molar-refractivity contribution in [3.63, 3.8) is 0 Å². The lowest BCUT2D eigenvalue weighted by atomic mass is 9.94. The van der Waals surface area contributed by atoms with Crippen LogP contribution in [0.15, 0.2) is 48.9 Å². The number of aromatic amines is 1. The Labute approximate surface area is 199 Å². The number of aromatic nitrogens is 3. The van der Waals surface area contributed by atoms with Crippen LogP contribution in [0.25, 0.3) is 11.1 Å². The summed E-state index contributed by atoms with van der Waals surface area (Å²) in [6.45, 7) is 0.630. The van der Waals surface area contributed by atoms with Crippen LogP contribution in [0.3, 0.4) is 0 Å². The van der Waals surface area contributed by atoms with Crippen LogP contribution in [0.2, 0.25) is 0 Å². The third-order valence-corrected chi connectivity index (χ3v) is 5.96. The molecule has 0 radical (unpaired) electrons. The smallest absolute Gasteiger partial charge is 0.416 e. The van der Waals surface area contributed by atoms with E-state index in [0.717, 1.165) is 25.0 Å². The van der Waals surface area contributed by atoms with Crippen LogP contribution in [0.1, 0.15) is 53.3 Å². The van der Waals surface area contributed by atoms with Crippen LogP contribution in [0.5, 0.6) is 5.75 Å². The highest BCUT2D eigenvalue weighted by atomic mass is 19.4. The monoisotopic (exact) mass is 487 g/mol. The molecule has 1 unspecified atom stereocenters. The molecular weight excluding hydrogens is 463 g/mol. The number of benzene rings is 1. The maximum absolute atomic E-state index is 13.0. The molecule has 3 aromatic rings. The van der Waals surface area contributed by atoms with Crippen molar-refractivity contribution in [2.75, 3.05) is 13.1 Å². The predicted molar refractivity (Wildman–Crippen MR) is 120 cm³/mol. The zero-order valence-corrected chi connectivity index (χ0v) is 18.7. The van der Waals surface area contributed by atoms with E-state index in [0.29, 0.717) is 29.8 Å². The first kappa shape index (κ1) is 24.2. The minimum Gasteiger partial charge on any atom is -0.506 e. The molecule has 2 amide bonds. The Morgan fingerprint density at radius 1 is 1.14 bits per heavy atom. The molecule has 11 heteroatoms. The summed E-state index contributed by atoms with van der Waals surface area (Å²) in [5.41, 5.74) is 1.35. The fourth-order valence-electron chi connectivity index (χ4n) is 4.23. The third kappa shape index (κ3) is 5.61. The summed E-state index contributed by atoms with van der Waals surface area (Å²) >= 11 is 0. The molecule has 4 rings (SSSR count). The number of aromatic hydroxyl groups is 1. The van der Waals surface area contributed by atoms with E-state index in [2.05, 4.69) is 20.5 Å². The number of piperidine rings is 1. The molecule has 1 fully saturated rings. The third-order valence-electron chi connectivity index (χ3n) is 5.96. The second-order valence-electron chi connectivity index (χ2n) is 8.31. The van der Waals surface area contributed by atoms with Crippen LogP contribution in [-0.2, 0) is 11.0 Å². The minimum atomic E-state index is -4.42. The fraction of sp³-hybridized carbons (Fsp3) is 0.333. The molecular formula is C24H24F3N5O3. The topological polar surface area (TPSA) is 111 Å². The summed E-state index contributed by atoms with van der Waals surface area (Å²) in [6, 6.07) is 5.84. The molecule has 184 valence electrons. The second kappa shape index (κ2) is 10.2. The Bertz CT molecular complexity index is 1190. The number of nitrogens with zero attached hydrogens (tertiary/aromatic N) is 3. The lowest BCUT2D eigenvalue weighted by Gasteiger charge is -2.36. The number of H-pyrrole nitrogens is 1. The van der Waals surface area contributed by atoms with Gasteiger partial charge in [-0.3, -0.25) is 19.7 Å². The summed E-state index contributed by atoms with van der Waals surface area (Å²) in [5.74, 6) is -0.736. The number of carbonyl (C=O) groups is 2. The lowest BCUT2D eigenvalue weighted by Crippen LogP contribution is -2.40. The van der Waals surface area contributed by atoms with Gasteiger partial charge in [-0.1, -0.05) is 12.1 Å². The number of hydrogen-bond acceptors (Lipinski definition) is 5. The highest BCUT2D eigenvalue weighted by Crippen LogP contribution is 2.37. The van der Waals surface area contributed by atoms with E-state index in [1.54, 1.807) is 11.1 Å². The maximum Gasteiger partial charge on any atom is 0.416 e. The normalized spacial score (nSPS) is 16.2. The van der Waals surface area contributed by atoms with E-state index in [1.807, 2.05) is 0 Å². The van der Waals surface area contributed by atoms with Gasteiger partial charge in [0.2, 0.25) is 5.91 Å². The highest BCUT2D eigenvalue weighted by molar-refractivity contribution is 5.94. The Morgan fingerprint density at radius 2 is 1.91 bits per heavy atom. The molecule has 35 heavy (non-hydrogen) atoms. The Morgan fingerprint density at radius 3 is 2.63 bits per heavy atom. The first-order valence-electron chi connectivity index (χ1n) is 11.2. The number of nitrogens with one attached hydrogen (secondary N) is 2. The van der Waals surface area contributed by atoms with Gasteiger partial charge in [0, 0.05) is 31.3 Å². The van der Waals surface area contributed by atoms with E-state index < -0.39 is 17.6 Å². The maximum atomic E-state index is 13.0. The number of hydrogen-bond donors (Lipinski definition) is 3. The molecule has 1 aromatic carbocycles. The standard InChI is InChI=1S/C24H24F3N5O3/c25-24(26,27)17-6-4-15(5-7-17)19-14-30-31-22(19)20-3-1-2-10-32(20)21(34)8-9-29-23(35)16-11-18(33)13-28-12-16/h4-7,11-14,20,33H,1-3,8-10H2,(H,29,35)(H,30,31).